The van der Waals surface area contributed by atoms with Crippen molar-refractivity contribution in [1.82, 2.24) is 0 Å². The molecule has 0 spiro atoms. The molecule has 0 saturated heterocycles. The molecule has 2 heterocycles. The number of carbonyl (C=O) groups is 2. The van der Waals surface area contributed by atoms with E-state index in [2.05, 4.69) is 0 Å². The minimum Gasteiger partial charge on any atom is -0.483 e. The molecule has 5 rings (SSSR count). The van der Waals surface area contributed by atoms with Crippen LogP contribution in [0.5, 0.6) is 0 Å². The first-order valence-electron chi connectivity index (χ1n) is 9.78. The molecule has 3 aliphatic rings. The lowest BCUT2D eigenvalue weighted by Gasteiger charge is -2.37. The molecule has 148 valence electrons. The molecule has 0 aromatic heterocycles. The van der Waals surface area contributed by atoms with Crippen LogP contribution in [-0.2, 0) is 14.3 Å². The van der Waals surface area contributed by atoms with Crippen molar-refractivity contribution in [2.24, 2.45) is 5.92 Å². The second kappa shape index (κ2) is 6.99. The lowest BCUT2D eigenvalue weighted by atomic mass is 9.77. The third kappa shape index (κ3) is 2.87. The van der Waals surface area contributed by atoms with Gasteiger partial charge in [-0.15, -0.1) is 11.6 Å². The van der Waals surface area contributed by atoms with Gasteiger partial charge in [0.05, 0.1) is 17.5 Å². The quantitative estimate of drug-likeness (QED) is 0.681. The number of rotatable bonds is 2. The van der Waals surface area contributed by atoms with Gasteiger partial charge in [-0.2, -0.15) is 0 Å². The number of alkyl halides is 1. The summed E-state index contributed by atoms with van der Waals surface area (Å²) < 4.78 is 20.9. The van der Waals surface area contributed by atoms with Gasteiger partial charge in [0.1, 0.15) is 11.9 Å². The van der Waals surface area contributed by atoms with Crippen LogP contribution in [-0.4, -0.2) is 23.2 Å². The molecule has 6 heteroatoms. The highest BCUT2D eigenvalue weighted by atomic mass is 35.5. The van der Waals surface area contributed by atoms with Crippen LogP contribution in [0.1, 0.15) is 30.9 Å². The van der Waals surface area contributed by atoms with Crippen LogP contribution in [0.15, 0.2) is 65.9 Å². The normalized spacial score (nSPS) is 28.8. The molecule has 0 radical (unpaired) electrons. The summed E-state index contributed by atoms with van der Waals surface area (Å²) in [4.78, 5) is 28.3. The Balaban J connectivity index is 1.67. The van der Waals surface area contributed by atoms with Crippen molar-refractivity contribution < 1.29 is 18.7 Å². The van der Waals surface area contributed by atoms with E-state index >= 15 is 0 Å². The molecule has 0 bridgehead atoms. The first-order valence-corrected chi connectivity index (χ1v) is 10.2. The van der Waals surface area contributed by atoms with Crippen LogP contribution >= 0.6 is 11.6 Å². The number of halogens is 2. The number of Topliss-reactive ketones (excluding diaryl/α,β-unsaturated/α-hetero) is 1. The van der Waals surface area contributed by atoms with Gasteiger partial charge >= 0.3 is 0 Å². The Morgan fingerprint density at radius 2 is 1.72 bits per heavy atom. The van der Waals surface area contributed by atoms with Gasteiger partial charge in [0.25, 0.3) is 5.91 Å². The van der Waals surface area contributed by atoms with Crippen molar-refractivity contribution in [3.8, 4) is 0 Å². The van der Waals surface area contributed by atoms with Crippen molar-refractivity contribution >= 4 is 29.0 Å². The number of fused-ring (bicyclic) bond motifs is 1. The topological polar surface area (TPSA) is 46.6 Å². The summed E-state index contributed by atoms with van der Waals surface area (Å²) in [5.74, 6) is -1.36. The molecule has 2 aromatic carbocycles. The van der Waals surface area contributed by atoms with Crippen LogP contribution in [0.3, 0.4) is 0 Å². The van der Waals surface area contributed by atoms with E-state index in [-0.39, 0.29) is 34.2 Å². The zero-order valence-electron chi connectivity index (χ0n) is 15.6. The predicted octanol–water partition coefficient (Wildman–Crippen LogP) is 4.54. The Morgan fingerprint density at radius 3 is 2.48 bits per heavy atom. The van der Waals surface area contributed by atoms with E-state index in [1.807, 2.05) is 6.07 Å². The Hall–Kier alpha value is -2.66. The van der Waals surface area contributed by atoms with Crippen molar-refractivity contribution in [2.75, 3.05) is 4.90 Å². The molecule has 1 fully saturated rings. The maximum Gasteiger partial charge on any atom is 0.294 e. The van der Waals surface area contributed by atoms with Gasteiger partial charge < -0.3 is 4.74 Å². The van der Waals surface area contributed by atoms with Gasteiger partial charge in [-0.1, -0.05) is 36.4 Å². The SMILES string of the molecule is O=C1C2=C(OC3CCC(Cl)CC13)C(=O)N(c1ccccc1)C2c1ccccc1F. The van der Waals surface area contributed by atoms with E-state index < -0.39 is 23.7 Å². The zero-order valence-corrected chi connectivity index (χ0v) is 16.3. The molecule has 1 aliphatic carbocycles. The molecule has 1 saturated carbocycles. The Labute approximate surface area is 172 Å². The molecule has 4 unspecified atom stereocenters. The number of hydrogen-bond donors (Lipinski definition) is 0. The molecular formula is C23H19ClFNO3. The van der Waals surface area contributed by atoms with E-state index in [0.717, 1.165) is 6.42 Å². The summed E-state index contributed by atoms with van der Waals surface area (Å²) in [5.41, 5.74) is 1.12. The highest BCUT2D eigenvalue weighted by Crippen LogP contribution is 2.49. The van der Waals surface area contributed by atoms with Gasteiger partial charge in [-0.3, -0.25) is 14.5 Å². The minimum atomic E-state index is -0.856. The second-order valence-corrected chi connectivity index (χ2v) is 8.33. The van der Waals surface area contributed by atoms with Crippen molar-refractivity contribution in [3.63, 3.8) is 0 Å². The monoisotopic (exact) mass is 411 g/mol. The number of carbonyl (C=O) groups excluding carboxylic acids is 2. The highest BCUT2D eigenvalue weighted by molar-refractivity contribution is 6.21. The summed E-state index contributed by atoms with van der Waals surface area (Å²) in [6, 6.07) is 14.4. The summed E-state index contributed by atoms with van der Waals surface area (Å²) in [5, 5.41) is -0.0970. The first kappa shape index (κ1) is 18.4. The van der Waals surface area contributed by atoms with E-state index in [1.54, 1.807) is 42.5 Å². The Kier molecular flexibility index (Phi) is 4.43. The summed E-state index contributed by atoms with van der Waals surface area (Å²) >= 11 is 6.32. The molecule has 29 heavy (non-hydrogen) atoms. The number of nitrogens with zero attached hydrogens (tertiary/aromatic N) is 1. The van der Waals surface area contributed by atoms with Crippen LogP contribution in [0, 0.1) is 11.7 Å². The number of amides is 1. The molecule has 0 N–H and O–H groups in total. The van der Waals surface area contributed by atoms with Gasteiger partial charge in [0.15, 0.2) is 11.5 Å². The molecule has 2 aliphatic heterocycles. The van der Waals surface area contributed by atoms with Crippen molar-refractivity contribution in [3.05, 3.63) is 77.3 Å². The number of ketones is 1. The largest absolute Gasteiger partial charge is 0.483 e. The lowest BCUT2D eigenvalue weighted by Crippen LogP contribution is -2.41. The average molecular weight is 412 g/mol. The van der Waals surface area contributed by atoms with Gasteiger partial charge in [-0.25, -0.2) is 4.39 Å². The standard InChI is InChI=1S/C23H19ClFNO3/c24-13-10-11-18-16(12-13)21(27)19-20(15-8-4-5-9-17(15)25)26(23(28)22(19)29-18)14-6-2-1-3-7-14/h1-9,13,16,18,20H,10-12H2. The number of para-hydroxylation sites is 1. The van der Waals surface area contributed by atoms with E-state index in [4.69, 9.17) is 16.3 Å². The first-order chi connectivity index (χ1) is 14.1. The van der Waals surface area contributed by atoms with Crippen LogP contribution in [0.4, 0.5) is 10.1 Å². The maximum atomic E-state index is 14.8. The van der Waals surface area contributed by atoms with Crippen molar-refractivity contribution in [1.29, 1.82) is 0 Å². The zero-order chi connectivity index (χ0) is 20.1. The summed E-state index contributed by atoms with van der Waals surface area (Å²) in [6.45, 7) is 0. The van der Waals surface area contributed by atoms with Crippen LogP contribution < -0.4 is 4.90 Å². The number of hydrogen-bond acceptors (Lipinski definition) is 3. The number of ether oxygens (including phenoxy) is 1. The fraction of sp³-hybridized carbons (Fsp3) is 0.304. The predicted molar refractivity (Wildman–Crippen MR) is 107 cm³/mol. The molecule has 4 nitrogen and oxygen atoms in total. The average Bonchev–Trinajstić information content (AvgIpc) is 3.02. The third-order valence-corrected chi connectivity index (χ3v) is 6.41. The smallest absolute Gasteiger partial charge is 0.294 e. The van der Waals surface area contributed by atoms with Gasteiger partial charge in [-0.05, 0) is 37.5 Å². The van der Waals surface area contributed by atoms with Gasteiger partial charge in [0.2, 0.25) is 0 Å². The van der Waals surface area contributed by atoms with E-state index in [0.29, 0.717) is 18.5 Å². The lowest BCUT2D eigenvalue weighted by molar-refractivity contribution is -0.131. The van der Waals surface area contributed by atoms with Gasteiger partial charge in [0, 0.05) is 16.6 Å². The number of anilines is 1. The Morgan fingerprint density at radius 1 is 1.00 bits per heavy atom. The number of benzene rings is 2. The van der Waals surface area contributed by atoms with Crippen LogP contribution in [0.25, 0.3) is 0 Å². The summed E-state index contributed by atoms with van der Waals surface area (Å²) in [7, 11) is 0. The molecule has 4 atom stereocenters. The molecule has 2 aromatic rings. The maximum absolute atomic E-state index is 14.8. The van der Waals surface area contributed by atoms with Crippen molar-refractivity contribution in [2.45, 2.75) is 36.8 Å². The van der Waals surface area contributed by atoms with E-state index in [9.17, 15) is 14.0 Å². The fourth-order valence-corrected chi connectivity index (χ4v) is 4.98. The highest BCUT2D eigenvalue weighted by Gasteiger charge is 2.53. The minimum absolute atomic E-state index is 0.0568. The second-order valence-electron chi connectivity index (χ2n) is 7.71. The van der Waals surface area contributed by atoms with Crippen LogP contribution in [0.2, 0.25) is 0 Å². The Bertz CT molecular complexity index is 1020. The fourth-order valence-electron chi connectivity index (χ4n) is 4.66. The molecular weight excluding hydrogens is 393 g/mol. The molecule has 1 amide bonds. The third-order valence-electron chi connectivity index (χ3n) is 6.02. The van der Waals surface area contributed by atoms with E-state index in [1.165, 1.54) is 11.0 Å². The summed E-state index contributed by atoms with van der Waals surface area (Å²) in [6.07, 6.45) is 1.53.